The maximum atomic E-state index is 10.4. The third kappa shape index (κ3) is 4.13. The first-order chi connectivity index (χ1) is 8.88. The minimum absolute atomic E-state index is 0.180. The zero-order valence-corrected chi connectivity index (χ0v) is 11.3. The molecule has 0 saturated heterocycles. The van der Waals surface area contributed by atoms with E-state index in [2.05, 4.69) is 5.10 Å². The van der Waals surface area contributed by atoms with E-state index in [1.165, 1.54) is 44.9 Å². The molecular weight excluding hydrogens is 224 g/mol. The van der Waals surface area contributed by atoms with Crippen molar-refractivity contribution in [3.05, 3.63) is 18.5 Å². The van der Waals surface area contributed by atoms with Gasteiger partial charge in [-0.2, -0.15) is 5.10 Å². The van der Waals surface area contributed by atoms with Gasteiger partial charge < -0.3 is 5.11 Å². The average Bonchev–Trinajstić information content (AvgIpc) is 2.87. The van der Waals surface area contributed by atoms with Crippen LogP contribution < -0.4 is 0 Å². The van der Waals surface area contributed by atoms with Crippen LogP contribution in [0.4, 0.5) is 0 Å². The molecule has 102 valence electrons. The predicted octanol–water partition coefficient (Wildman–Crippen LogP) is 3.70. The lowest BCUT2D eigenvalue weighted by Gasteiger charge is -2.24. The molecule has 1 heterocycles. The third-order valence-electron chi connectivity index (χ3n) is 4.06. The van der Waals surface area contributed by atoms with Crippen LogP contribution in [0.15, 0.2) is 18.5 Å². The molecule has 0 bridgehead atoms. The standard InChI is InChI=1S/C15H26N2O/c18-15-11-8-6-4-2-1-3-5-7-10-14(15)17-13-9-12-16-17/h9,12-15,18H,1-8,10-11H2. The first-order valence-electron chi connectivity index (χ1n) is 7.55. The second-order valence-electron chi connectivity index (χ2n) is 5.53. The normalized spacial score (nSPS) is 28.3. The van der Waals surface area contributed by atoms with Crippen molar-refractivity contribution in [1.82, 2.24) is 9.78 Å². The Bertz CT molecular complexity index is 310. The van der Waals surface area contributed by atoms with Gasteiger partial charge in [0.05, 0.1) is 12.1 Å². The minimum Gasteiger partial charge on any atom is -0.391 e. The van der Waals surface area contributed by atoms with Crippen LogP contribution in [0.5, 0.6) is 0 Å². The lowest BCUT2D eigenvalue weighted by atomic mass is 9.96. The SMILES string of the molecule is OC1CCCCCCCCCCC1n1cccn1. The molecule has 1 aliphatic rings. The van der Waals surface area contributed by atoms with E-state index in [9.17, 15) is 5.11 Å². The van der Waals surface area contributed by atoms with E-state index in [0.717, 1.165) is 19.3 Å². The van der Waals surface area contributed by atoms with Crippen LogP contribution in [0.3, 0.4) is 0 Å². The van der Waals surface area contributed by atoms with Crippen molar-refractivity contribution in [3.63, 3.8) is 0 Å². The number of hydrogen-bond donors (Lipinski definition) is 1. The molecular formula is C15H26N2O. The van der Waals surface area contributed by atoms with Gasteiger partial charge in [0, 0.05) is 12.4 Å². The second-order valence-corrected chi connectivity index (χ2v) is 5.53. The molecule has 1 saturated carbocycles. The molecule has 2 unspecified atom stereocenters. The van der Waals surface area contributed by atoms with Crippen LogP contribution in [-0.4, -0.2) is 21.0 Å². The molecule has 3 nitrogen and oxygen atoms in total. The van der Waals surface area contributed by atoms with Crippen molar-refractivity contribution in [2.45, 2.75) is 76.4 Å². The monoisotopic (exact) mass is 250 g/mol. The van der Waals surface area contributed by atoms with E-state index >= 15 is 0 Å². The Kier molecular flexibility index (Phi) is 5.72. The molecule has 18 heavy (non-hydrogen) atoms. The molecule has 1 aliphatic carbocycles. The van der Waals surface area contributed by atoms with Gasteiger partial charge in [0.25, 0.3) is 0 Å². The third-order valence-corrected chi connectivity index (χ3v) is 4.06. The number of aliphatic hydroxyl groups is 1. The second kappa shape index (κ2) is 7.57. The number of hydrogen-bond acceptors (Lipinski definition) is 2. The first-order valence-corrected chi connectivity index (χ1v) is 7.55. The summed E-state index contributed by atoms with van der Waals surface area (Å²) in [5.74, 6) is 0. The van der Waals surface area contributed by atoms with Crippen LogP contribution >= 0.6 is 0 Å². The fourth-order valence-electron chi connectivity index (χ4n) is 2.94. The maximum Gasteiger partial charge on any atom is 0.0778 e. The van der Waals surface area contributed by atoms with Gasteiger partial charge >= 0.3 is 0 Å². The van der Waals surface area contributed by atoms with Gasteiger partial charge in [-0.05, 0) is 18.9 Å². The number of nitrogens with zero attached hydrogens (tertiary/aromatic N) is 2. The smallest absolute Gasteiger partial charge is 0.0778 e. The van der Waals surface area contributed by atoms with E-state index in [-0.39, 0.29) is 12.1 Å². The van der Waals surface area contributed by atoms with Crippen molar-refractivity contribution in [1.29, 1.82) is 0 Å². The summed E-state index contributed by atoms with van der Waals surface area (Å²) >= 11 is 0. The Morgan fingerprint density at radius 2 is 1.50 bits per heavy atom. The van der Waals surface area contributed by atoms with Crippen LogP contribution in [0.1, 0.15) is 70.3 Å². The van der Waals surface area contributed by atoms with Crippen molar-refractivity contribution in [2.24, 2.45) is 0 Å². The van der Waals surface area contributed by atoms with E-state index in [1.54, 1.807) is 0 Å². The summed E-state index contributed by atoms with van der Waals surface area (Å²) in [7, 11) is 0. The highest BCUT2D eigenvalue weighted by Crippen LogP contribution is 2.24. The van der Waals surface area contributed by atoms with Crippen molar-refractivity contribution in [2.75, 3.05) is 0 Å². The van der Waals surface area contributed by atoms with Crippen molar-refractivity contribution < 1.29 is 5.11 Å². The fourth-order valence-corrected chi connectivity index (χ4v) is 2.94. The number of aromatic nitrogens is 2. The lowest BCUT2D eigenvalue weighted by molar-refractivity contribution is 0.0876. The predicted molar refractivity (Wildman–Crippen MR) is 73.4 cm³/mol. The van der Waals surface area contributed by atoms with Gasteiger partial charge in [0.2, 0.25) is 0 Å². The largest absolute Gasteiger partial charge is 0.391 e. The van der Waals surface area contributed by atoms with Crippen molar-refractivity contribution in [3.8, 4) is 0 Å². The summed E-state index contributed by atoms with van der Waals surface area (Å²) in [4.78, 5) is 0. The van der Waals surface area contributed by atoms with Gasteiger partial charge in [-0.15, -0.1) is 0 Å². The van der Waals surface area contributed by atoms with Crippen LogP contribution in [0.2, 0.25) is 0 Å². The summed E-state index contributed by atoms with van der Waals surface area (Å²) in [6, 6.07) is 2.13. The summed E-state index contributed by atoms with van der Waals surface area (Å²) < 4.78 is 1.95. The molecule has 1 aromatic rings. The molecule has 1 aromatic heterocycles. The molecule has 0 aliphatic heterocycles. The quantitative estimate of drug-likeness (QED) is 0.825. The summed E-state index contributed by atoms with van der Waals surface area (Å²) in [6.45, 7) is 0. The van der Waals surface area contributed by atoms with E-state index < -0.39 is 0 Å². The topological polar surface area (TPSA) is 38.0 Å². The Morgan fingerprint density at radius 1 is 0.889 bits per heavy atom. The highest BCUT2D eigenvalue weighted by atomic mass is 16.3. The lowest BCUT2D eigenvalue weighted by Crippen LogP contribution is -2.25. The van der Waals surface area contributed by atoms with E-state index in [0.29, 0.717) is 0 Å². The van der Waals surface area contributed by atoms with Crippen LogP contribution in [0.25, 0.3) is 0 Å². The van der Waals surface area contributed by atoms with E-state index in [1.807, 2.05) is 23.1 Å². The highest BCUT2D eigenvalue weighted by molar-refractivity contribution is 4.84. The van der Waals surface area contributed by atoms with Gasteiger partial charge in [-0.1, -0.05) is 51.4 Å². The Balaban J connectivity index is 1.94. The highest BCUT2D eigenvalue weighted by Gasteiger charge is 2.20. The maximum absolute atomic E-state index is 10.4. The molecule has 1 fully saturated rings. The van der Waals surface area contributed by atoms with Gasteiger partial charge in [0.15, 0.2) is 0 Å². The molecule has 0 aromatic carbocycles. The van der Waals surface area contributed by atoms with Gasteiger partial charge in [-0.25, -0.2) is 0 Å². The van der Waals surface area contributed by atoms with Crippen LogP contribution in [0, 0.1) is 0 Å². The molecule has 0 amide bonds. The Morgan fingerprint density at radius 3 is 2.11 bits per heavy atom. The summed E-state index contributed by atoms with van der Waals surface area (Å²) in [5.41, 5.74) is 0. The zero-order valence-electron chi connectivity index (χ0n) is 11.3. The summed E-state index contributed by atoms with van der Waals surface area (Å²) in [6.07, 6.45) is 15.9. The molecule has 1 N–H and O–H groups in total. The number of rotatable bonds is 1. The first kappa shape index (κ1) is 13.6. The Hall–Kier alpha value is -0.830. The molecule has 2 rings (SSSR count). The van der Waals surface area contributed by atoms with Crippen molar-refractivity contribution >= 4 is 0 Å². The average molecular weight is 250 g/mol. The van der Waals surface area contributed by atoms with E-state index in [4.69, 9.17) is 0 Å². The molecule has 2 atom stereocenters. The Labute approximate surface area is 110 Å². The number of aliphatic hydroxyl groups excluding tert-OH is 1. The van der Waals surface area contributed by atoms with Gasteiger partial charge in [-0.3, -0.25) is 4.68 Å². The molecule has 0 radical (unpaired) electrons. The zero-order chi connectivity index (χ0) is 12.6. The fraction of sp³-hybridized carbons (Fsp3) is 0.800. The minimum atomic E-state index is -0.232. The molecule has 0 spiro atoms. The molecule has 3 heteroatoms. The summed E-state index contributed by atoms with van der Waals surface area (Å²) in [5, 5.41) is 14.7. The van der Waals surface area contributed by atoms with Crippen LogP contribution in [-0.2, 0) is 0 Å². The van der Waals surface area contributed by atoms with Gasteiger partial charge in [0.1, 0.15) is 0 Å².